The van der Waals surface area contributed by atoms with E-state index in [4.69, 9.17) is 15.6 Å². The Hall–Kier alpha value is -1.44. The first-order valence-electron chi connectivity index (χ1n) is 6.23. The quantitative estimate of drug-likeness (QED) is 0.662. The van der Waals surface area contributed by atoms with Crippen LogP contribution in [0.4, 0.5) is 11.8 Å². The van der Waals surface area contributed by atoms with Crippen molar-refractivity contribution in [2.45, 2.75) is 13.3 Å². The SMILES string of the molecule is CCc1cc2c(NCCOCCO)nc(N)nc2s1. The molecule has 4 N–H and O–H groups in total. The van der Waals surface area contributed by atoms with E-state index in [0.717, 1.165) is 22.5 Å². The maximum Gasteiger partial charge on any atom is 0.223 e. The Kier molecular flexibility index (Phi) is 4.89. The Bertz CT molecular complexity index is 544. The van der Waals surface area contributed by atoms with Crippen LogP contribution in [0.3, 0.4) is 0 Å². The number of nitrogens with zero attached hydrogens (tertiary/aromatic N) is 2. The molecule has 0 aromatic carbocycles. The van der Waals surface area contributed by atoms with Gasteiger partial charge in [-0.25, -0.2) is 4.98 Å². The van der Waals surface area contributed by atoms with E-state index < -0.39 is 0 Å². The van der Waals surface area contributed by atoms with Gasteiger partial charge in [0.05, 0.1) is 25.2 Å². The van der Waals surface area contributed by atoms with E-state index in [2.05, 4.69) is 28.3 Å². The van der Waals surface area contributed by atoms with E-state index in [-0.39, 0.29) is 12.6 Å². The molecule has 0 bridgehead atoms. The molecule has 104 valence electrons. The average molecular weight is 282 g/mol. The third kappa shape index (κ3) is 3.52. The summed E-state index contributed by atoms with van der Waals surface area (Å²) in [5.41, 5.74) is 5.71. The van der Waals surface area contributed by atoms with E-state index in [9.17, 15) is 0 Å². The zero-order valence-corrected chi connectivity index (χ0v) is 11.7. The van der Waals surface area contributed by atoms with Crippen molar-refractivity contribution in [3.05, 3.63) is 10.9 Å². The van der Waals surface area contributed by atoms with Crippen molar-refractivity contribution in [2.75, 3.05) is 37.4 Å². The summed E-state index contributed by atoms with van der Waals surface area (Å²) in [6, 6.07) is 2.09. The smallest absolute Gasteiger partial charge is 0.223 e. The topological polar surface area (TPSA) is 93.3 Å². The average Bonchev–Trinajstić information content (AvgIpc) is 2.81. The van der Waals surface area contributed by atoms with Crippen LogP contribution in [0.25, 0.3) is 10.2 Å². The lowest BCUT2D eigenvalue weighted by Crippen LogP contribution is -2.13. The Labute approximate surface area is 115 Å². The molecule has 0 aliphatic carbocycles. The maximum atomic E-state index is 8.61. The first-order chi connectivity index (χ1) is 9.24. The molecule has 19 heavy (non-hydrogen) atoms. The zero-order chi connectivity index (χ0) is 13.7. The molecule has 0 amide bonds. The van der Waals surface area contributed by atoms with Gasteiger partial charge in [0.2, 0.25) is 5.95 Å². The summed E-state index contributed by atoms with van der Waals surface area (Å²) in [6.07, 6.45) is 0.972. The van der Waals surface area contributed by atoms with Crippen LogP contribution in [-0.4, -0.2) is 41.4 Å². The molecule has 2 aromatic rings. The minimum absolute atomic E-state index is 0.0368. The van der Waals surface area contributed by atoms with E-state index >= 15 is 0 Å². The third-order valence-corrected chi connectivity index (χ3v) is 3.76. The molecule has 0 aliphatic rings. The zero-order valence-electron chi connectivity index (χ0n) is 10.8. The van der Waals surface area contributed by atoms with Gasteiger partial charge in [0, 0.05) is 11.4 Å². The normalized spacial score (nSPS) is 11.1. The van der Waals surface area contributed by atoms with E-state index in [1.807, 2.05) is 0 Å². The monoisotopic (exact) mass is 282 g/mol. The number of ether oxygens (including phenoxy) is 1. The van der Waals surface area contributed by atoms with Crippen LogP contribution in [0, 0.1) is 0 Å². The number of aromatic nitrogens is 2. The van der Waals surface area contributed by atoms with Crippen LogP contribution in [0.2, 0.25) is 0 Å². The lowest BCUT2D eigenvalue weighted by molar-refractivity contribution is 0.0992. The number of aliphatic hydroxyl groups is 1. The highest BCUT2D eigenvalue weighted by Gasteiger charge is 2.09. The number of nitrogen functional groups attached to an aromatic ring is 1. The van der Waals surface area contributed by atoms with Crippen molar-refractivity contribution in [3.63, 3.8) is 0 Å². The molecule has 2 aromatic heterocycles. The number of nitrogens with two attached hydrogens (primary N) is 1. The fourth-order valence-electron chi connectivity index (χ4n) is 1.71. The predicted octanol–water partition coefficient (Wildman–Crippen LogP) is 1.26. The molecule has 6 nitrogen and oxygen atoms in total. The first kappa shape index (κ1) is 14.0. The summed E-state index contributed by atoms with van der Waals surface area (Å²) in [4.78, 5) is 10.6. The summed E-state index contributed by atoms with van der Waals surface area (Å²) < 4.78 is 5.19. The molecule has 2 heterocycles. The van der Waals surface area contributed by atoms with Crippen LogP contribution < -0.4 is 11.1 Å². The molecular formula is C12H18N4O2S. The second-order valence-electron chi connectivity index (χ2n) is 3.98. The minimum atomic E-state index is 0.0368. The molecule has 0 unspecified atom stereocenters. The number of aryl methyl sites for hydroxylation is 1. The van der Waals surface area contributed by atoms with Crippen molar-refractivity contribution in [1.29, 1.82) is 0 Å². The highest BCUT2D eigenvalue weighted by atomic mass is 32.1. The van der Waals surface area contributed by atoms with Crippen LogP contribution in [0.15, 0.2) is 6.07 Å². The first-order valence-corrected chi connectivity index (χ1v) is 7.04. The van der Waals surface area contributed by atoms with Crippen molar-refractivity contribution >= 4 is 33.3 Å². The lowest BCUT2D eigenvalue weighted by atomic mass is 10.3. The van der Waals surface area contributed by atoms with Gasteiger partial charge in [0.15, 0.2) is 0 Å². The molecule has 2 rings (SSSR count). The standard InChI is InChI=1S/C12H18N4O2S/c1-2-8-7-9-10(14-3-5-18-6-4-17)15-12(13)16-11(9)19-8/h7,17H,2-6H2,1H3,(H3,13,14,15,16). The molecule has 0 radical (unpaired) electrons. The largest absolute Gasteiger partial charge is 0.394 e. The van der Waals surface area contributed by atoms with Gasteiger partial charge in [-0.15, -0.1) is 11.3 Å². The summed E-state index contributed by atoms with van der Waals surface area (Å²) >= 11 is 1.64. The number of fused-ring (bicyclic) bond motifs is 1. The van der Waals surface area contributed by atoms with Gasteiger partial charge >= 0.3 is 0 Å². The fraction of sp³-hybridized carbons (Fsp3) is 0.500. The van der Waals surface area contributed by atoms with Crippen molar-refractivity contribution in [1.82, 2.24) is 9.97 Å². The molecule has 0 saturated carbocycles. The van der Waals surface area contributed by atoms with Crippen molar-refractivity contribution < 1.29 is 9.84 Å². The Morgan fingerprint density at radius 2 is 2.26 bits per heavy atom. The van der Waals surface area contributed by atoms with Crippen molar-refractivity contribution in [3.8, 4) is 0 Å². The van der Waals surface area contributed by atoms with Gasteiger partial charge < -0.3 is 20.9 Å². The van der Waals surface area contributed by atoms with Crippen molar-refractivity contribution in [2.24, 2.45) is 0 Å². The molecule has 0 atom stereocenters. The number of anilines is 2. The molecule has 0 saturated heterocycles. The van der Waals surface area contributed by atoms with E-state index in [0.29, 0.717) is 19.8 Å². The minimum Gasteiger partial charge on any atom is -0.394 e. The van der Waals surface area contributed by atoms with Gasteiger partial charge in [-0.05, 0) is 12.5 Å². The highest BCUT2D eigenvalue weighted by Crippen LogP contribution is 2.29. The van der Waals surface area contributed by atoms with E-state index in [1.54, 1.807) is 11.3 Å². The third-order valence-electron chi connectivity index (χ3n) is 2.58. The summed E-state index contributed by atoms with van der Waals surface area (Å²) in [6.45, 7) is 3.62. The summed E-state index contributed by atoms with van der Waals surface area (Å²) in [7, 11) is 0. The maximum absolute atomic E-state index is 8.61. The Morgan fingerprint density at radius 3 is 3.00 bits per heavy atom. The van der Waals surface area contributed by atoms with Crippen LogP contribution in [-0.2, 0) is 11.2 Å². The molecule has 0 aliphatic heterocycles. The number of nitrogens with one attached hydrogen (secondary N) is 1. The van der Waals surface area contributed by atoms with Gasteiger partial charge in [0.25, 0.3) is 0 Å². The predicted molar refractivity (Wildman–Crippen MR) is 77.6 cm³/mol. The number of aliphatic hydroxyl groups excluding tert-OH is 1. The Balaban J connectivity index is 2.10. The van der Waals surface area contributed by atoms with Gasteiger partial charge in [-0.1, -0.05) is 6.92 Å². The van der Waals surface area contributed by atoms with Crippen LogP contribution in [0.5, 0.6) is 0 Å². The van der Waals surface area contributed by atoms with Gasteiger partial charge in [0.1, 0.15) is 10.6 Å². The molecular weight excluding hydrogens is 264 g/mol. The molecule has 7 heteroatoms. The summed E-state index contributed by atoms with van der Waals surface area (Å²) in [5.74, 6) is 1.02. The highest BCUT2D eigenvalue weighted by molar-refractivity contribution is 7.18. The second kappa shape index (κ2) is 6.65. The second-order valence-corrected chi connectivity index (χ2v) is 5.09. The van der Waals surface area contributed by atoms with Crippen LogP contribution >= 0.6 is 11.3 Å². The lowest BCUT2D eigenvalue weighted by Gasteiger charge is -2.07. The molecule has 0 fully saturated rings. The summed E-state index contributed by atoms with van der Waals surface area (Å²) in [5, 5.41) is 12.8. The Morgan fingerprint density at radius 1 is 1.42 bits per heavy atom. The number of rotatable bonds is 7. The number of hydrogen-bond acceptors (Lipinski definition) is 7. The number of thiophene rings is 1. The molecule has 0 spiro atoms. The van der Waals surface area contributed by atoms with Crippen LogP contribution in [0.1, 0.15) is 11.8 Å². The van der Waals surface area contributed by atoms with E-state index in [1.165, 1.54) is 4.88 Å². The fourth-order valence-corrected chi connectivity index (χ4v) is 2.68. The number of hydrogen-bond donors (Lipinski definition) is 3. The van der Waals surface area contributed by atoms with Gasteiger partial charge in [-0.3, -0.25) is 0 Å². The van der Waals surface area contributed by atoms with Gasteiger partial charge in [-0.2, -0.15) is 4.98 Å².